The zero-order valence-electron chi connectivity index (χ0n) is 11.8. The van der Waals surface area contributed by atoms with Crippen LogP contribution in [0.5, 0.6) is 0 Å². The molecule has 3 aromatic rings. The number of aromatic nitrogens is 4. The van der Waals surface area contributed by atoms with E-state index in [-0.39, 0.29) is 0 Å². The summed E-state index contributed by atoms with van der Waals surface area (Å²) in [4.78, 5) is 12.4. The van der Waals surface area contributed by atoms with E-state index >= 15 is 0 Å². The highest BCUT2D eigenvalue weighted by Gasteiger charge is 2.31. The molecule has 0 aliphatic heterocycles. The molecule has 7 heteroatoms. The lowest BCUT2D eigenvalue weighted by molar-refractivity contribution is -0.137. The molecule has 0 N–H and O–H groups in total. The molecule has 0 aromatic carbocycles. The molecule has 3 heterocycles. The molecule has 0 saturated carbocycles. The minimum Gasteiger partial charge on any atom is -0.338 e. The van der Waals surface area contributed by atoms with E-state index in [9.17, 15) is 13.2 Å². The molecule has 0 saturated heterocycles. The zero-order chi connectivity index (χ0) is 15.7. The van der Waals surface area contributed by atoms with Crippen LogP contribution in [0, 0.1) is 0 Å². The normalized spacial score (nSPS) is 12.0. The van der Waals surface area contributed by atoms with E-state index in [0.29, 0.717) is 23.9 Å². The monoisotopic (exact) mass is 306 g/mol. The van der Waals surface area contributed by atoms with Gasteiger partial charge in [0.15, 0.2) is 5.65 Å². The van der Waals surface area contributed by atoms with Crippen LogP contribution in [0.2, 0.25) is 0 Å². The summed E-state index contributed by atoms with van der Waals surface area (Å²) in [7, 11) is 1.91. The standard InChI is InChI=1S/C15H13F3N4/c1-22-7-6-19-13(22)5-4-12-3-2-10-8-11(15(16,17)18)9-20-14(10)21-12/h2-3,6-9H,4-5H2,1H3. The minimum absolute atomic E-state index is 0.324. The van der Waals surface area contributed by atoms with Crippen LogP contribution in [-0.2, 0) is 26.1 Å². The van der Waals surface area contributed by atoms with Crippen LogP contribution < -0.4 is 0 Å². The third kappa shape index (κ3) is 2.93. The quantitative estimate of drug-likeness (QED) is 0.746. The Kier molecular flexibility index (Phi) is 3.56. The molecule has 0 bridgehead atoms. The van der Waals surface area contributed by atoms with Crippen molar-refractivity contribution in [3.63, 3.8) is 0 Å². The van der Waals surface area contributed by atoms with Crippen molar-refractivity contribution in [2.75, 3.05) is 0 Å². The van der Waals surface area contributed by atoms with Gasteiger partial charge in [-0.3, -0.25) is 0 Å². The zero-order valence-corrected chi connectivity index (χ0v) is 11.8. The fraction of sp³-hybridized carbons (Fsp3) is 0.267. The maximum atomic E-state index is 12.6. The lowest BCUT2D eigenvalue weighted by atomic mass is 10.1. The number of alkyl halides is 3. The lowest BCUT2D eigenvalue weighted by Gasteiger charge is -2.07. The van der Waals surface area contributed by atoms with Crippen LogP contribution >= 0.6 is 0 Å². The number of hydrogen-bond acceptors (Lipinski definition) is 3. The first kappa shape index (κ1) is 14.5. The molecule has 0 unspecified atom stereocenters. The van der Waals surface area contributed by atoms with Crippen LogP contribution in [-0.4, -0.2) is 19.5 Å². The third-order valence-electron chi connectivity index (χ3n) is 3.45. The number of fused-ring (bicyclic) bond motifs is 1. The summed E-state index contributed by atoms with van der Waals surface area (Å²) in [5, 5.41) is 0.385. The molecular formula is C15H13F3N4. The first-order chi connectivity index (χ1) is 10.4. The van der Waals surface area contributed by atoms with Gasteiger partial charge in [0, 0.05) is 43.1 Å². The summed E-state index contributed by atoms with van der Waals surface area (Å²) >= 11 is 0. The van der Waals surface area contributed by atoms with E-state index in [4.69, 9.17) is 0 Å². The van der Waals surface area contributed by atoms with Crippen LogP contribution in [0.4, 0.5) is 13.2 Å². The number of aryl methyl sites for hydroxylation is 3. The molecule has 0 aliphatic rings. The van der Waals surface area contributed by atoms with Gasteiger partial charge in [-0.25, -0.2) is 15.0 Å². The average molecular weight is 306 g/mol. The van der Waals surface area contributed by atoms with Crippen molar-refractivity contribution in [3.05, 3.63) is 53.9 Å². The van der Waals surface area contributed by atoms with Crippen LogP contribution in [0.25, 0.3) is 11.0 Å². The second-order valence-electron chi connectivity index (χ2n) is 5.03. The van der Waals surface area contributed by atoms with Gasteiger partial charge in [0.2, 0.25) is 0 Å². The Balaban J connectivity index is 1.83. The van der Waals surface area contributed by atoms with E-state index in [0.717, 1.165) is 23.8 Å². The van der Waals surface area contributed by atoms with Gasteiger partial charge in [-0.15, -0.1) is 0 Å². The Morgan fingerprint density at radius 2 is 1.95 bits per heavy atom. The molecule has 0 radical (unpaired) electrons. The molecule has 0 amide bonds. The highest BCUT2D eigenvalue weighted by Crippen LogP contribution is 2.30. The summed E-state index contributed by atoms with van der Waals surface area (Å²) in [5.41, 5.74) is 0.343. The minimum atomic E-state index is -4.39. The average Bonchev–Trinajstić information content (AvgIpc) is 2.88. The second kappa shape index (κ2) is 5.40. The van der Waals surface area contributed by atoms with Crippen molar-refractivity contribution in [3.8, 4) is 0 Å². The van der Waals surface area contributed by atoms with Crippen molar-refractivity contribution >= 4 is 11.0 Å². The lowest BCUT2D eigenvalue weighted by Crippen LogP contribution is -2.06. The van der Waals surface area contributed by atoms with E-state index in [2.05, 4.69) is 15.0 Å². The predicted octanol–water partition coefficient (Wildman–Crippen LogP) is 3.17. The first-order valence-corrected chi connectivity index (χ1v) is 6.72. The summed E-state index contributed by atoms with van der Waals surface area (Å²) in [6.45, 7) is 0. The highest BCUT2D eigenvalue weighted by atomic mass is 19.4. The van der Waals surface area contributed by atoms with Crippen molar-refractivity contribution < 1.29 is 13.2 Å². The van der Waals surface area contributed by atoms with E-state index < -0.39 is 11.7 Å². The Morgan fingerprint density at radius 1 is 1.14 bits per heavy atom. The number of rotatable bonds is 3. The van der Waals surface area contributed by atoms with Gasteiger partial charge in [0.05, 0.1) is 5.56 Å². The van der Waals surface area contributed by atoms with Gasteiger partial charge in [0.25, 0.3) is 0 Å². The number of pyridine rings is 2. The molecule has 22 heavy (non-hydrogen) atoms. The van der Waals surface area contributed by atoms with Gasteiger partial charge in [-0.05, 0) is 24.6 Å². The number of halogens is 3. The Hall–Kier alpha value is -2.44. The summed E-state index contributed by atoms with van der Waals surface area (Å²) in [6, 6.07) is 4.42. The summed E-state index contributed by atoms with van der Waals surface area (Å²) < 4.78 is 39.8. The number of hydrogen-bond donors (Lipinski definition) is 0. The van der Waals surface area contributed by atoms with Crippen LogP contribution in [0.3, 0.4) is 0 Å². The van der Waals surface area contributed by atoms with Crippen molar-refractivity contribution in [2.45, 2.75) is 19.0 Å². The third-order valence-corrected chi connectivity index (χ3v) is 3.45. The smallest absolute Gasteiger partial charge is 0.338 e. The topological polar surface area (TPSA) is 43.6 Å². The first-order valence-electron chi connectivity index (χ1n) is 6.72. The molecule has 0 spiro atoms. The summed E-state index contributed by atoms with van der Waals surface area (Å²) in [5.74, 6) is 0.933. The molecular weight excluding hydrogens is 293 g/mol. The molecule has 3 aromatic heterocycles. The van der Waals surface area contributed by atoms with E-state index in [1.165, 1.54) is 0 Å². The maximum Gasteiger partial charge on any atom is 0.417 e. The highest BCUT2D eigenvalue weighted by molar-refractivity contribution is 5.75. The number of nitrogens with zero attached hydrogens (tertiary/aromatic N) is 4. The van der Waals surface area contributed by atoms with Crippen molar-refractivity contribution in [1.29, 1.82) is 0 Å². The predicted molar refractivity (Wildman–Crippen MR) is 75.2 cm³/mol. The fourth-order valence-corrected chi connectivity index (χ4v) is 2.22. The van der Waals surface area contributed by atoms with E-state index in [1.54, 1.807) is 18.3 Å². The van der Waals surface area contributed by atoms with Crippen LogP contribution in [0.15, 0.2) is 36.8 Å². The molecule has 0 atom stereocenters. The largest absolute Gasteiger partial charge is 0.417 e. The van der Waals surface area contributed by atoms with Gasteiger partial charge >= 0.3 is 6.18 Å². The second-order valence-corrected chi connectivity index (χ2v) is 5.03. The molecule has 4 nitrogen and oxygen atoms in total. The van der Waals surface area contributed by atoms with E-state index in [1.807, 2.05) is 17.8 Å². The number of imidazole rings is 1. The van der Waals surface area contributed by atoms with Gasteiger partial charge in [0.1, 0.15) is 5.82 Å². The molecule has 114 valence electrons. The summed E-state index contributed by atoms with van der Waals surface area (Å²) in [6.07, 6.45) is 1.38. The molecule has 0 fully saturated rings. The van der Waals surface area contributed by atoms with Gasteiger partial charge < -0.3 is 4.57 Å². The van der Waals surface area contributed by atoms with Crippen molar-refractivity contribution in [1.82, 2.24) is 19.5 Å². The van der Waals surface area contributed by atoms with Gasteiger partial charge in [-0.1, -0.05) is 0 Å². The Bertz CT molecular complexity index is 808. The molecule has 0 aliphatic carbocycles. The maximum absolute atomic E-state index is 12.6. The SMILES string of the molecule is Cn1ccnc1CCc1ccc2cc(C(F)(F)F)cnc2n1. The van der Waals surface area contributed by atoms with Gasteiger partial charge in [-0.2, -0.15) is 13.2 Å². The van der Waals surface area contributed by atoms with Crippen LogP contribution in [0.1, 0.15) is 17.1 Å². The van der Waals surface area contributed by atoms with Crippen molar-refractivity contribution in [2.24, 2.45) is 7.05 Å². The fourth-order valence-electron chi connectivity index (χ4n) is 2.22. The Labute approximate surface area is 124 Å². The molecule has 3 rings (SSSR count). The Morgan fingerprint density at radius 3 is 2.64 bits per heavy atom.